The number of benzene rings is 4. The first-order chi connectivity index (χ1) is 18.8. The first-order valence-corrected chi connectivity index (χ1v) is 12.8. The summed E-state index contributed by atoms with van der Waals surface area (Å²) in [5.74, 6) is -2.11. The Bertz CT molecular complexity index is 1490. The topological polar surface area (TPSA) is 125 Å². The van der Waals surface area contributed by atoms with Crippen LogP contribution in [0.5, 0.6) is 0 Å². The maximum Gasteiger partial charge on any atom is 0.336 e. The van der Waals surface area contributed by atoms with Crippen molar-refractivity contribution in [3.05, 3.63) is 120 Å². The van der Waals surface area contributed by atoms with Crippen molar-refractivity contribution in [2.24, 2.45) is 0 Å². The number of anilines is 3. The number of thioether (sulfide) groups is 1. The molecule has 4 aromatic carbocycles. The van der Waals surface area contributed by atoms with Crippen LogP contribution in [0.25, 0.3) is 0 Å². The van der Waals surface area contributed by atoms with E-state index in [2.05, 4.69) is 16.0 Å². The standard InChI is InChI=1S/C30H25N3O5S/c1-19(34)31-21-11-13-22(14-12-21)33-29(36)27(20-7-3-2-4-8-20)39-24-17-15-23(16-18-24)32-28(35)25-9-5-6-10-26(25)30(37)38/h2-18,27H,1H3,(H,31,34)(H,32,35)(H,33,36)(H,37,38). The zero-order chi connectivity index (χ0) is 27.8. The van der Waals surface area contributed by atoms with Crippen LogP contribution in [0.4, 0.5) is 17.1 Å². The minimum Gasteiger partial charge on any atom is -0.478 e. The third kappa shape index (κ3) is 7.33. The molecule has 3 amide bonds. The molecule has 0 saturated heterocycles. The van der Waals surface area contributed by atoms with Crippen LogP contribution in [0.2, 0.25) is 0 Å². The van der Waals surface area contributed by atoms with E-state index >= 15 is 0 Å². The molecule has 196 valence electrons. The summed E-state index contributed by atoms with van der Waals surface area (Å²) in [6.45, 7) is 1.43. The van der Waals surface area contributed by atoms with Crippen molar-refractivity contribution in [2.75, 3.05) is 16.0 Å². The molecule has 4 rings (SSSR count). The fraction of sp³-hybridized carbons (Fsp3) is 0.0667. The molecule has 0 aliphatic heterocycles. The molecule has 4 N–H and O–H groups in total. The number of hydrogen-bond donors (Lipinski definition) is 4. The molecule has 8 nitrogen and oxygen atoms in total. The van der Waals surface area contributed by atoms with Crippen molar-refractivity contribution in [3.8, 4) is 0 Å². The van der Waals surface area contributed by atoms with Crippen LogP contribution < -0.4 is 16.0 Å². The number of aromatic carboxylic acids is 1. The second kappa shape index (κ2) is 12.6. The van der Waals surface area contributed by atoms with E-state index in [1.54, 1.807) is 60.7 Å². The van der Waals surface area contributed by atoms with Gasteiger partial charge >= 0.3 is 5.97 Å². The monoisotopic (exact) mass is 539 g/mol. The van der Waals surface area contributed by atoms with Gasteiger partial charge in [-0.3, -0.25) is 14.4 Å². The Hall–Kier alpha value is -4.89. The molecule has 0 fully saturated rings. The molecular weight excluding hydrogens is 514 g/mol. The van der Waals surface area contributed by atoms with E-state index in [-0.39, 0.29) is 22.9 Å². The van der Waals surface area contributed by atoms with Gasteiger partial charge in [0.1, 0.15) is 5.25 Å². The number of hydrogen-bond acceptors (Lipinski definition) is 5. The highest BCUT2D eigenvalue weighted by Crippen LogP contribution is 2.37. The van der Waals surface area contributed by atoms with Crippen molar-refractivity contribution in [1.82, 2.24) is 0 Å². The van der Waals surface area contributed by atoms with Crippen molar-refractivity contribution in [2.45, 2.75) is 17.1 Å². The van der Waals surface area contributed by atoms with Crippen LogP contribution in [0.1, 0.15) is 38.5 Å². The molecule has 9 heteroatoms. The lowest BCUT2D eigenvalue weighted by molar-refractivity contribution is -0.116. The summed E-state index contributed by atoms with van der Waals surface area (Å²) < 4.78 is 0. The van der Waals surface area contributed by atoms with Gasteiger partial charge in [-0.05, 0) is 66.2 Å². The largest absolute Gasteiger partial charge is 0.478 e. The van der Waals surface area contributed by atoms with Gasteiger partial charge in [0.05, 0.1) is 11.1 Å². The quantitative estimate of drug-likeness (QED) is 0.192. The maximum atomic E-state index is 13.3. The summed E-state index contributed by atoms with van der Waals surface area (Å²) in [4.78, 5) is 49.5. The second-order valence-corrected chi connectivity index (χ2v) is 9.66. The zero-order valence-electron chi connectivity index (χ0n) is 20.9. The third-order valence-electron chi connectivity index (χ3n) is 5.58. The van der Waals surface area contributed by atoms with Crippen molar-refractivity contribution >= 4 is 52.5 Å². The molecule has 0 radical (unpaired) electrons. The van der Waals surface area contributed by atoms with Crippen LogP contribution >= 0.6 is 11.8 Å². The molecule has 0 heterocycles. The Kier molecular flexibility index (Phi) is 8.75. The Morgan fingerprint density at radius 1 is 0.641 bits per heavy atom. The zero-order valence-corrected chi connectivity index (χ0v) is 21.7. The fourth-order valence-electron chi connectivity index (χ4n) is 3.77. The number of carboxylic acid groups (broad SMARTS) is 1. The van der Waals surface area contributed by atoms with Crippen LogP contribution in [0, 0.1) is 0 Å². The SMILES string of the molecule is CC(=O)Nc1ccc(NC(=O)C(Sc2ccc(NC(=O)c3ccccc3C(=O)O)cc2)c2ccccc2)cc1. The third-order valence-corrected chi connectivity index (χ3v) is 6.85. The first kappa shape index (κ1) is 27.2. The minimum absolute atomic E-state index is 0.0642. The Morgan fingerprint density at radius 3 is 1.74 bits per heavy atom. The van der Waals surface area contributed by atoms with Crippen molar-refractivity contribution in [3.63, 3.8) is 0 Å². The highest BCUT2D eigenvalue weighted by atomic mass is 32.2. The highest BCUT2D eigenvalue weighted by molar-refractivity contribution is 8.00. The molecule has 39 heavy (non-hydrogen) atoms. The smallest absolute Gasteiger partial charge is 0.336 e. The molecule has 0 aromatic heterocycles. The van der Waals surface area contributed by atoms with E-state index in [1.807, 2.05) is 30.3 Å². The summed E-state index contributed by atoms with van der Waals surface area (Å²) in [6.07, 6.45) is 0. The predicted octanol–water partition coefficient (Wildman–Crippen LogP) is 6.07. The molecule has 1 atom stereocenters. The van der Waals surface area contributed by atoms with Gasteiger partial charge in [-0.1, -0.05) is 42.5 Å². The van der Waals surface area contributed by atoms with Gasteiger partial charge in [0, 0.05) is 28.9 Å². The lowest BCUT2D eigenvalue weighted by Crippen LogP contribution is -2.19. The van der Waals surface area contributed by atoms with Gasteiger partial charge in [0.2, 0.25) is 11.8 Å². The van der Waals surface area contributed by atoms with Gasteiger partial charge in [-0.25, -0.2) is 4.79 Å². The highest BCUT2D eigenvalue weighted by Gasteiger charge is 2.22. The number of nitrogens with one attached hydrogen (secondary N) is 3. The molecule has 0 bridgehead atoms. The second-order valence-electron chi connectivity index (χ2n) is 8.49. The van der Waals surface area contributed by atoms with E-state index in [9.17, 15) is 24.3 Å². The molecule has 0 spiro atoms. The van der Waals surface area contributed by atoms with Gasteiger partial charge in [-0.2, -0.15) is 0 Å². The summed E-state index contributed by atoms with van der Waals surface area (Å²) >= 11 is 1.35. The minimum atomic E-state index is -1.18. The van der Waals surface area contributed by atoms with E-state index in [0.717, 1.165) is 10.5 Å². The summed E-state index contributed by atoms with van der Waals surface area (Å²) in [6, 6.07) is 29.2. The van der Waals surface area contributed by atoms with E-state index in [4.69, 9.17) is 0 Å². The Balaban J connectivity index is 1.47. The van der Waals surface area contributed by atoms with Crippen molar-refractivity contribution in [1.29, 1.82) is 0 Å². The van der Waals surface area contributed by atoms with Crippen LogP contribution in [-0.2, 0) is 9.59 Å². The number of amides is 3. The van der Waals surface area contributed by atoms with Crippen molar-refractivity contribution < 1.29 is 24.3 Å². The van der Waals surface area contributed by atoms with E-state index in [1.165, 1.54) is 30.8 Å². The lowest BCUT2D eigenvalue weighted by Gasteiger charge is -2.18. The molecule has 0 aliphatic rings. The van der Waals surface area contributed by atoms with Gasteiger partial charge < -0.3 is 21.1 Å². The summed E-state index contributed by atoms with van der Waals surface area (Å²) in [7, 11) is 0. The molecule has 4 aromatic rings. The fourth-order valence-corrected chi connectivity index (χ4v) is 4.79. The van der Waals surface area contributed by atoms with E-state index in [0.29, 0.717) is 17.1 Å². The lowest BCUT2D eigenvalue weighted by atomic mass is 10.1. The van der Waals surface area contributed by atoms with Gasteiger partial charge in [0.25, 0.3) is 5.91 Å². The van der Waals surface area contributed by atoms with Gasteiger partial charge in [-0.15, -0.1) is 11.8 Å². The summed E-state index contributed by atoms with van der Waals surface area (Å²) in [5.41, 5.74) is 2.52. The van der Waals surface area contributed by atoms with Crippen LogP contribution in [-0.4, -0.2) is 28.8 Å². The predicted molar refractivity (Wildman–Crippen MR) is 152 cm³/mol. The van der Waals surface area contributed by atoms with Crippen LogP contribution in [0.3, 0.4) is 0 Å². The Labute approximate surface area is 229 Å². The first-order valence-electron chi connectivity index (χ1n) is 11.9. The molecule has 1 unspecified atom stereocenters. The average molecular weight is 540 g/mol. The number of carboxylic acids is 1. The van der Waals surface area contributed by atoms with Gasteiger partial charge in [0.15, 0.2) is 0 Å². The van der Waals surface area contributed by atoms with Crippen LogP contribution in [0.15, 0.2) is 108 Å². The number of carbonyl (C=O) groups excluding carboxylic acids is 3. The molecule has 0 saturated carbocycles. The number of rotatable bonds is 9. The Morgan fingerprint density at radius 2 is 1.15 bits per heavy atom. The maximum absolute atomic E-state index is 13.3. The number of carbonyl (C=O) groups is 4. The molecule has 0 aliphatic carbocycles. The summed E-state index contributed by atoms with van der Waals surface area (Å²) in [5, 5.41) is 17.1. The average Bonchev–Trinajstić information content (AvgIpc) is 2.93. The molecular formula is C30H25N3O5S. The normalized spacial score (nSPS) is 11.2. The van der Waals surface area contributed by atoms with E-state index < -0.39 is 17.1 Å².